The van der Waals surface area contributed by atoms with Gasteiger partial charge in [0.2, 0.25) is 0 Å². The van der Waals surface area contributed by atoms with E-state index in [9.17, 15) is 4.79 Å². The molecule has 0 aliphatic carbocycles. The number of carbonyl (C=O) groups is 1. The summed E-state index contributed by atoms with van der Waals surface area (Å²) in [5.74, 6) is 0.0677. The minimum Gasteiger partial charge on any atom is -0.535 e. The Hall–Kier alpha value is -2.25. The minimum absolute atomic E-state index is 0.0345. The van der Waals surface area contributed by atoms with Crippen LogP contribution in [-0.2, 0) is 0 Å². The van der Waals surface area contributed by atoms with E-state index >= 15 is 0 Å². The van der Waals surface area contributed by atoms with Gasteiger partial charge in [-0.05, 0) is 24.3 Å². The molecule has 2 aromatic rings. The molecule has 1 aromatic heterocycles. The zero-order valence-corrected chi connectivity index (χ0v) is 11.0. The van der Waals surface area contributed by atoms with Crippen LogP contribution in [0.2, 0.25) is 5.02 Å². The Kier molecular flexibility index (Phi) is 4.44. The number of rotatable bonds is 4. The van der Waals surface area contributed by atoms with Crippen molar-refractivity contribution in [2.75, 3.05) is 11.1 Å². The predicted octanol–water partition coefficient (Wildman–Crippen LogP) is 1.47. The summed E-state index contributed by atoms with van der Waals surface area (Å²) in [5, 5.41) is 11.4. The number of aromatic nitrogens is 1. The average molecular weight is 290 g/mol. The molecule has 20 heavy (non-hydrogen) atoms. The number of hydrogen-bond acceptors (Lipinski definition) is 5. The normalized spacial score (nSPS) is 9.90. The van der Waals surface area contributed by atoms with E-state index in [2.05, 4.69) is 10.3 Å². The van der Waals surface area contributed by atoms with Crippen LogP contribution in [0.4, 0.5) is 11.6 Å². The smallest absolute Gasteiger partial charge is 0.535 e. The number of benzene rings is 1. The molecule has 0 spiro atoms. The van der Waals surface area contributed by atoms with E-state index in [1.165, 1.54) is 12.1 Å². The lowest BCUT2D eigenvalue weighted by Crippen LogP contribution is -2.14. The standard InChI is InChI=1S/C12H10BClN3O3/c14-8-4-2-1-3-7(8)12(18)17-10-6-5-9(20-13-19)11(15)16-10/h1-6,19H,(H3,15,16,17,18). The molecular weight excluding hydrogens is 280 g/mol. The Labute approximate surface area is 120 Å². The van der Waals surface area contributed by atoms with Gasteiger partial charge in [-0.1, -0.05) is 23.7 Å². The second kappa shape index (κ2) is 6.27. The van der Waals surface area contributed by atoms with Crippen LogP contribution in [-0.4, -0.2) is 23.6 Å². The third kappa shape index (κ3) is 3.20. The predicted molar refractivity (Wildman–Crippen MR) is 76.7 cm³/mol. The van der Waals surface area contributed by atoms with Crippen LogP contribution in [0.25, 0.3) is 0 Å². The summed E-state index contributed by atoms with van der Waals surface area (Å²) in [6.45, 7) is 0. The van der Waals surface area contributed by atoms with Crippen molar-refractivity contribution in [2.45, 2.75) is 0 Å². The third-order valence-electron chi connectivity index (χ3n) is 2.43. The molecule has 0 atom stereocenters. The zero-order valence-electron chi connectivity index (χ0n) is 10.2. The number of nitrogens with one attached hydrogen (secondary N) is 1. The number of anilines is 2. The van der Waals surface area contributed by atoms with Gasteiger partial charge in [-0.2, -0.15) is 0 Å². The highest BCUT2D eigenvalue weighted by molar-refractivity contribution is 6.34. The maximum Gasteiger partial charge on any atom is 0.569 e. The van der Waals surface area contributed by atoms with Crippen molar-refractivity contribution in [3.63, 3.8) is 0 Å². The number of nitrogens with zero attached hydrogens (tertiary/aromatic N) is 1. The highest BCUT2D eigenvalue weighted by atomic mass is 35.5. The van der Waals surface area contributed by atoms with Crippen molar-refractivity contribution >= 4 is 36.8 Å². The largest absolute Gasteiger partial charge is 0.569 e. The third-order valence-corrected chi connectivity index (χ3v) is 2.76. The van der Waals surface area contributed by atoms with E-state index in [0.717, 1.165) is 0 Å². The molecule has 1 radical (unpaired) electrons. The summed E-state index contributed by atoms with van der Waals surface area (Å²) in [5.41, 5.74) is 5.94. The fraction of sp³-hybridized carbons (Fsp3) is 0. The summed E-state index contributed by atoms with van der Waals surface area (Å²) in [6, 6.07) is 9.61. The van der Waals surface area contributed by atoms with Gasteiger partial charge in [-0.15, -0.1) is 0 Å². The summed E-state index contributed by atoms with van der Waals surface area (Å²) < 4.78 is 4.71. The maximum atomic E-state index is 12.0. The molecule has 0 bridgehead atoms. The first-order chi connectivity index (χ1) is 9.61. The Morgan fingerprint density at radius 3 is 2.75 bits per heavy atom. The second-order valence-electron chi connectivity index (χ2n) is 3.74. The van der Waals surface area contributed by atoms with Gasteiger partial charge in [-0.3, -0.25) is 4.79 Å². The highest BCUT2D eigenvalue weighted by Gasteiger charge is 2.11. The van der Waals surface area contributed by atoms with E-state index in [1.54, 1.807) is 24.3 Å². The number of nitrogens with two attached hydrogens (primary N) is 1. The van der Waals surface area contributed by atoms with Gasteiger partial charge in [0, 0.05) is 0 Å². The van der Waals surface area contributed by atoms with E-state index in [-0.39, 0.29) is 17.4 Å². The van der Waals surface area contributed by atoms with Crippen LogP contribution in [0, 0.1) is 0 Å². The summed E-state index contributed by atoms with van der Waals surface area (Å²) in [6.07, 6.45) is 0. The fourth-order valence-corrected chi connectivity index (χ4v) is 1.74. The van der Waals surface area contributed by atoms with Gasteiger partial charge in [0.05, 0.1) is 10.6 Å². The van der Waals surface area contributed by atoms with Gasteiger partial charge < -0.3 is 20.7 Å². The van der Waals surface area contributed by atoms with Gasteiger partial charge in [0.1, 0.15) is 11.6 Å². The van der Waals surface area contributed by atoms with Crippen molar-refractivity contribution in [1.29, 1.82) is 0 Å². The monoisotopic (exact) mass is 290 g/mol. The van der Waals surface area contributed by atoms with E-state index in [0.29, 0.717) is 18.3 Å². The van der Waals surface area contributed by atoms with Crippen molar-refractivity contribution in [2.24, 2.45) is 0 Å². The van der Waals surface area contributed by atoms with E-state index in [1.807, 2.05) is 0 Å². The summed E-state index contributed by atoms with van der Waals surface area (Å²) in [7, 11) is 0.495. The average Bonchev–Trinajstić information content (AvgIpc) is 2.42. The van der Waals surface area contributed by atoms with Gasteiger partial charge >= 0.3 is 7.69 Å². The van der Waals surface area contributed by atoms with Crippen molar-refractivity contribution < 1.29 is 14.5 Å². The molecule has 2 rings (SSSR count). The molecule has 1 heterocycles. The first-order valence-electron chi connectivity index (χ1n) is 5.57. The molecule has 6 nitrogen and oxygen atoms in total. The lowest BCUT2D eigenvalue weighted by atomic mass is 10.2. The van der Waals surface area contributed by atoms with Crippen molar-refractivity contribution in [3.05, 3.63) is 47.0 Å². The Morgan fingerprint density at radius 2 is 2.10 bits per heavy atom. The molecule has 0 unspecified atom stereocenters. The zero-order chi connectivity index (χ0) is 14.5. The topological polar surface area (TPSA) is 97.5 Å². The number of halogens is 1. The van der Waals surface area contributed by atoms with Crippen LogP contribution in [0.15, 0.2) is 36.4 Å². The quantitative estimate of drug-likeness (QED) is 0.741. The maximum absolute atomic E-state index is 12.0. The van der Waals surface area contributed by atoms with Crippen LogP contribution < -0.4 is 15.7 Å². The Balaban J connectivity index is 2.16. The van der Waals surface area contributed by atoms with Crippen LogP contribution >= 0.6 is 11.6 Å². The number of amides is 1. The van der Waals surface area contributed by atoms with Gasteiger partial charge in [-0.25, -0.2) is 4.98 Å². The van der Waals surface area contributed by atoms with Gasteiger partial charge in [0.25, 0.3) is 5.91 Å². The lowest BCUT2D eigenvalue weighted by Gasteiger charge is -2.09. The minimum atomic E-state index is -0.398. The molecule has 0 aliphatic heterocycles. The summed E-state index contributed by atoms with van der Waals surface area (Å²) in [4.78, 5) is 15.9. The fourth-order valence-electron chi connectivity index (χ4n) is 1.52. The molecule has 101 valence electrons. The molecule has 1 amide bonds. The SMILES string of the molecule is Nc1nc(NC(=O)c2ccccc2Cl)ccc1O[B]O. The molecule has 0 saturated heterocycles. The van der Waals surface area contributed by atoms with Crippen molar-refractivity contribution in [3.8, 4) is 5.75 Å². The second-order valence-corrected chi connectivity index (χ2v) is 4.14. The lowest BCUT2D eigenvalue weighted by molar-refractivity contribution is 0.102. The first-order valence-corrected chi connectivity index (χ1v) is 5.94. The molecular formula is C12H10BClN3O3. The molecule has 0 fully saturated rings. The Bertz CT molecular complexity index is 639. The van der Waals surface area contributed by atoms with E-state index in [4.69, 9.17) is 27.0 Å². The number of pyridine rings is 1. The van der Waals surface area contributed by atoms with Gasteiger partial charge in [0.15, 0.2) is 5.82 Å². The summed E-state index contributed by atoms with van der Waals surface area (Å²) >= 11 is 5.93. The number of hydrogen-bond donors (Lipinski definition) is 3. The molecule has 4 N–H and O–H groups in total. The van der Waals surface area contributed by atoms with Crippen molar-refractivity contribution in [1.82, 2.24) is 4.98 Å². The molecule has 1 aromatic carbocycles. The van der Waals surface area contributed by atoms with Crippen LogP contribution in [0.3, 0.4) is 0 Å². The first kappa shape index (κ1) is 14.2. The highest BCUT2D eigenvalue weighted by Crippen LogP contribution is 2.22. The number of nitrogen functional groups attached to an aromatic ring is 1. The Morgan fingerprint density at radius 1 is 1.35 bits per heavy atom. The number of carbonyl (C=O) groups excluding carboxylic acids is 1. The van der Waals surface area contributed by atoms with E-state index < -0.39 is 5.91 Å². The molecule has 8 heteroatoms. The molecule has 0 saturated carbocycles. The van der Waals surface area contributed by atoms with Crippen LogP contribution in [0.1, 0.15) is 10.4 Å². The van der Waals surface area contributed by atoms with Crippen LogP contribution in [0.5, 0.6) is 5.75 Å². The molecule has 0 aliphatic rings.